The summed E-state index contributed by atoms with van der Waals surface area (Å²) in [4.78, 5) is 0.623. The molecule has 0 fully saturated rings. The molecule has 0 amide bonds. The lowest BCUT2D eigenvalue weighted by Gasteiger charge is -2.02. The highest BCUT2D eigenvalue weighted by molar-refractivity contribution is 14.1. The van der Waals surface area contributed by atoms with Crippen molar-refractivity contribution in [3.05, 3.63) is 26.5 Å². The highest BCUT2D eigenvalue weighted by Gasteiger charge is 2.08. The SMILES string of the molecule is CSc1c(I)ccc(Cl)c1F. The Labute approximate surface area is 87.7 Å². The molecule has 0 bridgehead atoms. The zero-order valence-corrected chi connectivity index (χ0v) is 9.43. The number of hydrogen-bond donors (Lipinski definition) is 0. The second-order valence-electron chi connectivity index (χ2n) is 1.88. The van der Waals surface area contributed by atoms with E-state index in [-0.39, 0.29) is 10.8 Å². The van der Waals surface area contributed by atoms with E-state index < -0.39 is 0 Å². The van der Waals surface area contributed by atoms with Crippen LogP contribution in [0.25, 0.3) is 0 Å². The van der Waals surface area contributed by atoms with E-state index in [4.69, 9.17) is 11.6 Å². The van der Waals surface area contributed by atoms with Gasteiger partial charge in [-0.05, 0) is 41.0 Å². The summed E-state index contributed by atoms with van der Waals surface area (Å²) >= 11 is 9.03. The summed E-state index contributed by atoms with van der Waals surface area (Å²) in [7, 11) is 0. The Morgan fingerprint density at radius 2 is 2.18 bits per heavy atom. The summed E-state index contributed by atoms with van der Waals surface area (Å²) in [6.45, 7) is 0. The van der Waals surface area contributed by atoms with Crippen LogP contribution in [0.1, 0.15) is 0 Å². The van der Waals surface area contributed by atoms with Crippen LogP contribution in [0.2, 0.25) is 5.02 Å². The van der Waals surface area contributed by atoms with Crippen molar-refractivity contribution in [2.75, 3.05) is 6.26 Å². The zero-order chi connectivity index (χ0) is 8.43. The van der Waals surface area contributed by atoms with Gasteiger partial charge in [0.1, 0.15) is 0 Å². The highest BCUT2D eigenvalue weighted by atomic mass is 127. The molecule has 1 rings (SSSR count). The van der Waals surface area contributed by atoms with Crippen molar-refractivity contribution in [1.82, 2.24) is 0 Å². The molecule has 4 heteroatoms. The summed E-state index contributed by atoms with van der Waals surface area (Å²) in [5.41, 5.74) is 0. The Bertz CT molecular complexity index is 277. The quantitative estimate of drug-likeness (QED) is 0.432. The molecule has 0 spiro atoms. The maximum Gasteiger partial charge on any atom is 0.156 e. The molecule has 0 radical (unpaired) electrons. The summed E-state index contributed by atoms with van der Waals surface area (Å²) in [5.74, 6) is -0.314. The Morgan fingerprint density at radius 3 is 2.64 bits per heavy atom. The molecule has 0 N–H and O–H groups in total. The van der Waals surface area contributed by atoms with E-state index in [0.29, 0.717) is 4.90 Å². The van der Waals surface area contributed by atoms with Gasteiger partial charge in [-0.15, -0.1) is 11.8 Å². The molecule has 0 saturated heterocycles. The average molecular weight is 303 g/mol. The van der Waals surface area contributed by atoms with Crippen molar-refractivity contribution >= 4 is 46.0 Å². The van der Waals surface area contributed by atoms with E-state index in [9.17, 15) is 4.39 Å². The fraction of sp³-hybridized carbons (Fsp3) is 0.143. The monoisotopic (exact) mass is 302 g/mol. The lowest BCUT2D eigenvalue weighted by atomic mass is 10.3. The summed E-state index contributed by atoms with van der Waals surface area (Å²) in [6.07, 6.45) is 1.83. The predicted molar refractivity (Wildman–Crippen MR) is 55.9 cm³/mol. The van der Waals surface area contributed by atoms with E-state index in [1.807, 2.05) is 6.26 Å². The molecular formula is C7H5ClFIS. The smallest absolute Gasteiger partial charge is 0.156 e. The first-order valence-electron chi connectivity index (χ1n) is 2.84. The second-order valence-corrected chi connectivity index (χ2v) is 4.26. The molecule has 0 aliphatic rings. The summed E-state index contributed by atoms with van der Waals surface area (Å²) < 4.78 is 14.0. The van der Waals surface area contributed by atoms with Gasteiger partial charge >= 0.3 is 0 Å². The Balaban J connectivity index is 3.29. The summed E-state index contributed by atoms with van der Waals surface area (Å²) in [5, 5.41) is 0.190. The molecule has 0 unspecified atom stereocenters. The number of thioether (sulfide) groups is 1. The predicted octanol–water partition coefficient (Wildman–Crippen LogP) is 3.81. The topological polar surface area (TPSA) is 0 Å². The van der Waals surface area contributed by atoms with E-state index in [1.54, 1.807) is 12.1 Å². The number of rotatable bonds is 1. The Morgan fingerprint density at radius 1 is 1.55 bits per heavy atom. The third-order valence-electron chi connectivity index (χ3n) is 1.21. The Hall–Kier alpha value is 0.520. The van der Waals surface area contributed by atoms with Crippen LogP contribution in [0.15, 0.2) is 17.0 Å². The molecular weight excluding hydrogens is 297 g/mol. The average Bonchev–Trinajstić information content (AvgIpc) is 1.99. The molecule has 0 aromatic heterocycles. The van der Waals surface area contributed by atoms with E-state index >= 15 is 0 Å². The number of halogens is 3. The largest absolute Gasteiger partial charge is 0.204 e. The Kier molecular flexibility index (Phi) is 3.46. The van der Waals surface area contributed by atoms with Crippen molar-refractivity contribution < 1.29 is 4.39 Å². The van der Waals surface area contributed by atoms with E-state index in [2.05, 4.69) is 22.6 Å². The lowest BCUT2D eigenvalue weighted by molar-refractivity contribution is 0.600. The van der Waals surface area contributed by atoms with Gasteiger partial charge in [-0.1, -0.05) is 11.6 Å². The van der Waals surface area contributed by atoms with Gasteiger partial charge in [0.15, 0.2) is 5.82 Å². The number of hydrogen-bond acceptors (Lipinski definition) is 1. The fourth-order valence-electron chi connectivity index (χ4n) is 0.696. The van der Waals surface area contributed by atoms with Gasteiger partial charge in [0.05, 0.1) is 9.92 Å². The first-order valence-corrected chi connectivity index (χ1v) is 5.52. The first kappa shape index (κ1) is 9.61. The second kappa shape index (κ2) is 3.96. The van der Waals surface area contributed by atoms with Crippen LogP contribution in [0, 0.1) is 9.39 Å². The van der Waals surface area contributed by atoms with Crippen molar-refractivity contribution in [3.63, 3.8) is 0 Å². The van der Waals surface area contributed by atoms with Gasteiger partial charge in [0.25, 0.3) is 0 Å². The molecule has 11 heavy (non-hydrogen) atoms. The van der Waals surface area contributed by atoms with E-state index in [0.717, 1.165) is 3.57 Å². The fourth-order valence-corrected chi connectivity index (χ4v) is 2.54. The van der Waals surface area contributed by atoms with Crippen LogP contribution in [0.5, 0.6) is 0 Å². The molecule has 1 aromatic rings. The van der Waals surface area contributed by atoms with Crippen LogP contribution in [0.4, 0.5) is 4.39 Å². The molecule has 0 atom stereocenters. The summed E-state index contributed by atoms with van der Waals surface area (Å²) in [6, 6.07) is 3.37. The minimum absolute atomic E-state index is 0.190. The third kappa shape index (κ3) is 2.00. The highest BCUT2D eigenvalue weighted by Crippen LogP contribution is 2.29. The molecule has 60 valence electrons. The minimum Gasteiger partial charge on any atom is -0.204 e. The molecule has 1 aromatic carbocycles. The standard InChI is InChI=1S/C7H5ClFIS/c1-11-7-5(10)3-2-4(8)6(7)9/h2-3H,1H3. The normalized spacial score (nSPS) is 10.2. The molecule has 0 heterocycles. The van der Waals surface area contributed by atoms with Crippen molar-refractivity contribution in [1.29, 1.82) is 0 Å². The van der Waals surface area contributed by atoms with Gasteiger partial charge in [-0.3, -0.25) is 0 Å². The zero-order valence-electron chi connectivity index (χ0n) is 5.70. The minimum atomic E-state index is -0.314. The van der Waals surface area contributed by atoms with Gasteiger partial charge < -0.3 is 0 Å². The van der Waals surface area contributed by atoms with Crippen LogP contribution >= 0.6 is 46.0 Å². The van der Waals surface area contributed by atoms with Gasteiger partial charge in [0, 0.05) is 3.57 Å². The van der Waals surface area contributed by atoms with Crippen LogP contribution in [0.3, 0.4) is 0 Å². The lowest BCUT2D eigenvalue weighted by Crippen LogP contribution is -1.85. The van der Waals surface area contributed by atoms with Gasteiger partial charge in [-0.2, -0.15) is 0 Å². The van der Waals surface area contributed by atoms with Crippen LogP contribution < -0.4 is 0 Å². The number of benzene rings is 1. The molecule has 0 aliphatic carbocycles. The van der Waals surface area contributed by atoms with Crippen molar-refractivity contribution in [2.45, 2.75) is 4.90 Å². The third-order valence-corrected chi connectivity index (χ3v) is 3.57. The van der Waals surface area contributed by atoms with Gasteiger partial charge in [0.2, 0.25) is 0 Å². The van der Waals surface area contributed by atoms with Crippen LogP contribution in [-0.2, 0) is 0 Å². The molecule has 0 aliphatic heterocycles. The first-order chi connectivity index (χ1) is 5.16. The molecule has 0 nitrogen and oxygen atoms in total. The van der Waals surface area contributed by atoms with Gasteiger partial charge in [-0.25, -0.2) is 4.39 Å². The van der Waals surface area contributed by atoms with E-state index in [1.165, 1.54) is 11.8 Å². The maximum atomic E-state index is 13.1. The van der Waals surface area contributed by atoms with Crippen LogP contribution in [-0.4, -0.2) is 6.26 Å². The van der Waals surface area contributed by atoms with Crippen molar-refractivity contribution in [2.24, 2.45) is 0 Å². The maximum absolute atomic E-state index is 13.1. The van der Waals surface area contributed by atoms with Crippen molar-refractivity contribution in [3.8, 4) is 0 Å². The molecule has 0 saturated carbocycles.